The summed E-state index contributed by atoms with van der Waals surface area (Å²) in [4.78, 5) is 16.4. The molecule has 0 atom stereocenters. The summed E-state index contributed by atoms with van der Waals surface area (Å²) in [7, 11) is 0. The van der Waals surface area contributed by atoms with Crippen LogP contribution in [0.3, 0.4) is 0 Å². The number of aliphatic hydroxyl groups is 1. The largest absolute Gasteiger partial charge is 0.512 e. The summed E-state index contributed by atoms with van der Waals surface area (Å²) in [6.07, 6.45) is 6.80. The van der Waals surface area contributed by atoms with Crippen molar-refractivity contribution in [1.82, 2.24) is 9.38 Å². The van der Waals surface area contributed by atoms with Gasteiger partial charge in [-0.15, -0.1) is 23.6 Å². The quantitative estimate of drug-likeness (QED) is 0.0597. The summed E-state index contributed by atoms with van der Waals surface area (Å²) >= 11 is 0. The minimum atomic E-state index is 0. The van der Waals surface area contributed by atoms with E-state index in [1.165, 1.54) is 38.8 Å². The maximum atomic E-state index is 11.7. The molecule has 0 bridgehead atoms. The molecule has 0 aliphatic heterocycles. The molecule has 0 aliphatic carbocycles. The molecule has 6 aromatic rings. The van der Waals surface area contributed by atoms with Crippen molar-refractivity contribution in [1.29, 1.82) is 0 Å². The summed E-state index contributed by atoms with van der Waals surface area (Å²) in [5, 5.41) is 15.6. The van der Waals surface area contributed by atoms with E-state index in [-0.39, 0.29) is 43.5 Å². The van der Waals surface area contributed by atoms with Crippen molar-refractivity contribution in [2.75, 3.05) is 0 Å². The van der Waals surface area contributed by atoms with Crippen LogP contribution in [0.4, 0.5) is 0 Å². The number of aromatic nitrogens is 2. The standard InChI is InChI=1S/C21H11N2.C13H24O2.Ir/c1-2-4-15-12-18-17(11-14(15)3-1)19-8-7-16-6-5-13-9-10-22-20(18)21(13)23(16)19;1-5-10(6-2)12(14)9-13(15)11(7-3)8-4;/h1-11H;9-11,14H,5-8H2,1-4H3;/q-1;;/b;12-9-;. The number of nitrogens with zero attached hydrogens (tertiary/aromatic N) is 2. The summed E-state index contributed by atoms with van der Waals surface area (Å²) < 4.78 is 2.32. The van der Waals surface area contributed by atoms with Crippen LogP contribution < -0.4 is 0 Å². The summed E-state index contributed by atoms with van der Waals surface area (Å²) in [6.45, 7) is 8.07. The predicted octanol–water partition coefficient (Wildman–Crippen LogP) is 9.05. The zero-order chi connectivity index (χ0) is 26.8. The molecule has 6 rings (SSSR count). The Morgan fingerprint density at radius 2 is 1.62 bits per heavy atom. The Morgan fingerprint density at radius 3 is 2.33 bits per heavy atom. The fourth-order valence-electron chi connectivity index (χ4n) is 5.57. The fourth-order valence-corrected chi connectivity index (χ4v) is 5.57. The molecular formula is C34H35IrN2O2-. The Kier molecular flexibility index (Phi) is 9.04. The van der Waals surface area contributed by atoms with Crippen LogP contribution in [0.15, 0.2) is 78.7 Å². The average Bonchev–Trinajstić information content (AvgIpc) is 3.39. The molecule has 0 saturated carbocycles. The first kappa shape index (κ1) is 28.7. The first-order chi connectivity index (χ1) is 18.5. The topological polar surface area (TPSA) is 54.6 Å². The van der Waals surface area contributed by atoms with E-state index in [1.807, 2.05) is 33.9 Å². The molecule has 4 nitrogen and oxygen atoms in total. The number of carbonyl (C=O) groups is 1. The number of fused-ring (bicyclic) bond motifs is 4. The number of rotatable bonds is 7. The van der Waals surface area contributed by atoms with Crippen LogP contribution in [0.25, 0.3) is 49.0 Å². The molecule has 4 aromatic heterocycles. The molecule has 1 radical (unpaired) electrons. The number of allylic oxidation sites excluding steroid dienone is 2. The minimum Gasteiger partial charge on any atom is -0.512 e. The van der Waals surface area contributed by atoms with Gasteiger partial charge in [0.25, 0.3) is 0 Å². The first-order valence-corrected chi connectivity index (χ1v) is 13.8. The van der Waals surface area contributed by atoms with E-state index >= 15 is 0 Å². The fraction of sp³-hybridized carbons (Fsp3) is 0.294. The molecule has 4 heterocycles. The van der Waals surface area contributed by atoms with Gasteiger partial charge in [-0.1, -0.05) is 68.1 Å². The molecule has 0 amide bonds. The van der Waals surface area contributed by atoms with E-state index in [4.69, 9.17) is 4.98 Å². The van der Waals surface area contributed by atoms with Crippen molar-refractivity contribution < 1.29 is 30.0 Å². The van der Waals surface area contributed by atoms with Gasteiger partial charge in [-0.3, -0.25) is 9.78 Å². The third-order valence-electron chi connectivity index (χ3n) is 7.91. The van der Waals surface area contributed by atoms with E-state index in [0.717, 1.165) is 42.0 Å². The molecule has 1 N–H and O–H groups in total. The van der Waals surface area contributed by atoms with Crippen LogP contribution >= 0.6 is 0 Å². The second-order valence-electron chi connectivity index (χ2n) is 10.1. The van der Waals surface area contributed by atoms with E-state index < -0.39 is 0 Å². The van der Waals surface area contributed by atoms with E-state index in [2.05, 4.69) is 71.1 Å². The van der Waals surface area contributed by atoms with Gasteiger partial charge in [-0.25, -0.2) is 0 Å². The number of carbonyl (C=O) groups excluding carboxylic acids is 1. The van der Waals surface area contributed by atoms with Gasteiger partial charge in [0.2, 0.25) is 0 Å². The Hall–Kier alpha value is -3.27. The van der Waals surface area contributed by atoms with Crippen LogP contribution in [0, 0.1) is 17.9 Å². The first-order valence-electron chi connectivity index (χ1n) is 13.8. The van der Waals surface area contributed by atoms with Crippen LogP contribution in [0.5, 0.6) is 0 Å². The monoisotopic (exact) mass is 696 g/mol. The van der Waals surface area contributed by atoms with E-state index in [9.17, 15) is 9.90 Å². The number of benzene rings is 2. The van der Waals surface area contributed by atoms with Gasteiger partial charge in [0.15, 0.2) is 5.78 Å². The molecule has 0 saturated heterocycles. The normalized spacial score (nSPS) is 12.1. The Labute approximate surface area is 243 Å². The predicted molar refractivity (Wildman–Crippen MR) is 159 cm³/mol. The molecular weight excluding hydrogens is 661 g/mol. The van der Waals surface area contributed by atoms with Gasteiger partial charge in [0.05, 0.1) is 5.76 Å². The van der Waals surface area contributed by atoms with Gasteiger partial charge in [-0.2, -0.15) is 0 Å². The summed E-state index contributed by atoms with van der Waals surface area (Å²) in [6, 6.07) is 25.1. The van der Waals surface area contributed by atoms with Crippen molar-refractivity contribution in [2.45, 2.75) is 53.4 Å². The van der Waals surface area contributed by atoms with Gasteiger partial charge in [0, 0.05) is 66.3 Å². The smallest absolute Gasteiger partial charge is 0.162 e. The maximum Gasteiger partial charge on any atom is 0.162 e. The molecule has 0 aliphatic rings. The minimum absolute atomic E-state index is 0. The number of hydrogen-bond donors (Lipinski definition) is 1. The second-order valence-corrected chi connectivity index (χ2v) is 10.1. The van der Waals surface area contributed by atoms with Crippen molar-refractivity contribution in [2.24, 2.45) is 11.8 Å². The molecule has 0 fully saturated rings. The molecule has 0 unspecified atom stereocenters. The zero-order valence-corrected chi connectivity index (χ0v) is 25.4. The average molecular weight is 696 g/mol. The van der Waals surface area contributed by atoms with Crippen LogP contribution in [0.1, 0.15) is 53.4 Å². The Balaban J connectivity index is 0.000000196. The second kappa shape index (κ2) is 12.3. The molecule has 203 valence electrons. The maximum absolute atomic E-state index is 11.7. The van der Waals surface area contributed by atoms with Crippen molar-refractivity contribution >= 4 is 54.8 Å². The Bertz CT molecular complexity index is 1760. The van der Waals surface area contributed by atoms with Crippen molar-refractivity contribution in [3.63, 3.8) is 0 Å². The van der Waals surface area contributed by atoms with Crippen molar-refractivity contribution in [3.05, 3.63) is 84.8 Å². The van der Waals surface area contributed by atoms with Crippen LogP contribution in [-0.2, 0) is 24.9 Å². The summed E-state index contributed by atoms with van der Waals surface area (Å²) in [5.41, 5.74) is 4.64. The van der Waals surface area contributed by atoms with Gasteiger partial charge in [0.1, 0.15) is 0 Å². The molecule has 2 aromatic carbocycles. The third-order valence-corrected chi connectivity index (χ3v) is 7.91. The third kappa shape index (κ3) is 5.31. The molecule has 39 heavy (non-hydrogen) atoms. The van der Waals surface area contributed by atoms with Crippen LogP contribution in [-0.4, -0.2) is 20.3 Å². The zero-order valence-electron chi connectivity index (χ0n) is 23.0. The van der Waals surface area contributed by atoms with Gasteiger partial charge in [-0.05, 0) is 55.3 Å². The van der Waals surface area contributed by atoms with E-state index in [0.29, 0.717) is 0 Å². The Morgan fingerprint density at radius 1 is 0.923 bits per heavy atom. The molecule has 5 heteroatoms. The van der Waals surface area contributed by atoms with E-state index in [1.54, 1.807) is 0 Å². The number of ketones is 1. The van der Waals surface area contributed by atoms with Crippen LogP contribution in [0.2, 0.25) is 0 Å². The number of pyridine rings is 3. The number of aliphatic hydroxyl groups excluding tert-OH is 1. The number of hydrogen-bond acceptors (Lipinski definition) is 3. The van der Waals surface area contributed by atoms with Crippen molar-refractivity contribution in [3.8, 4) is 0 Å². The summed E-state index contributed by atoms with van der Waals surface area (Å²) in [5.74, 6) is 0.547. The molecule has 0 spiro atoms. The van der Waals surface area contributed by atoms with Gasteiger partial charge < -0.3 is 9.51 Å². The SMILES string of the molecule is CCC(CC)C(=O)/C=C(\O)C(CC)CC.[Ir].[c-]1c2ccccc2cc2c1c1nccc3ccc4ccc2n4c31. The van der Waals surface area contributed by atoms with Gasteiger partial charge >= 0.3 is 0 Å².